The van der Waals surface area contributed by atoms with Crippen LogP contribution in [0.25, 0.3) is 0 Å². The fourth-order valence-corrected chi connectivity index (χ4v) is 1.47. The van der Waals surface area contributed by atoms with Gasteiger partial charge in [0.1, 0.15) is 6.61 Å². The molecule has 0 bridgehead atoms. The van der Waals surface area contributed by atoms with Gasteiger partial charge in [-0.15, -0.1) is 0 Å². The number of hydrogen-bond acceptors (Lipinski definition) is 4. The average Bonchev–Trinajstić information content (AvgIpc) is 2.45. The number of rotatable bonds is 8. The lowest BCUT2D eigenvalue weighted by atomic mass is 10.2. The highest BCUT2D eigenvalue weighted by molar-refractivity contribution is 5.73. The van der Waals surface area contributed by atoms with E-state index in [9.17, 15) is 9.59 Å². The van der Waals surface area contributed by atoms with Crippen molar-refractivity contribution in [2.75, 3.05) is 33.4 Å². The van der Waals surface area contributed by atoms with Crippen molar-refractivity contribution in [3.8, 4) is 0 Å². The lowest BCUT2D eigenvalue weighted by Crippen LogP contribution is -2.39. The Balaban J connectivity index is 2.14. The number of carboxylic acid groups (broad SMARTS) is 1. The largest absolute Gasteiger partial charge is 0.480 e. The molecule has 0 saturated carbocycles. The van der Waals surface area contributed by atoms with Crippen molar-refractivity contribution in [3.63, 3.8) is 0 Å². The fourth-order valence-electron chi connectivity index (χ4n) is 1.47. The van der Waals surface area contributed by atoms with Gasteiger partial charge in [0.15, 0.2) is 0 Å². The lowest BCUT2D eigenvalue weighted by molar-refractivity contribution is -0.142. The topological polar surface area (TPSA) is 91.8 Å². The number of likely N-dealkylation sites (N-methyl/N-ethyl adjacent to an activating group) is 1. The molecule has 0 aliphatic rings. The minimum Gasteiger partial charge on any atom is -0.480 e. The van der Waals surface area contributed by atoms with Crippen LogP contribution in [0.2, 0.25) is 0 Å². The molecule has 0 radical (unpaired) electrons. The zero-order valence-electron chi connectivity index (χ0n) is 11.4. The molecule has 7 heteroatoms. The number of ether oxygens (including phenoxy) is 1. The van der Waals surface area contributed by atoms with Crippen LogP contribution in [0.5, 0.6) is 0 Å². The summed E-state index contributed by atoms with van der Waals surface area (Å²) in [6, 6.07) is 3.61. The van der Waals surface area contributed by atoms with Gasteiger partial charge in [0.05, 0.1) is 6.61 Å². The Morgan fingerprint density at radius 3 is 2.75 bits per heavy atom. The van der Waals surface area contributed by atoms with E-state index >= 15 is 0 Å². The normalized spacial score (nSPS) is 10.1. The molecule has 2 N–H and O–H groups in total. The number of carbonyl (C=O) groups is 2. The van der Waals surface area contributed by atoms with E-state index in [0.717, 1.165) is 12.0 Å². The smallest absolute Gasteiger partial charge is 0.329 e. The number of pyridine rings is 1. The molecule has 0 aliphatic heterocycles. The van der Waals surface area contributed by atoms with Gasteiger partial charge in [-0.05, 0) is 24.1 Å². The summed E-state index contributed by atoms with van der Waals surface area (Å²) in [4.78, 5) is 27.4. The third kappa shape index (κ3) is 6.69. The number of nitrogens with one attached hydrogen (secondary N) is 1. The van der Waals surface area contributed by atoms with Gasteiger partial charge in [-0.1, -0.05) is 0 Å². The van der Waals surface area contributed by atoms with Crippen molar-refractivity contribution in [2.24, 2.45) is 0 Å². The second kappa shape index (κ2) is 8.87. The van der Waals surface area contributed by atoms with E-state index in [0.29, 0.717) is 6.54 Å². The van der Waals surface area contributed by atoms with Crippen LogP contribution in [0.15, 0.2) is 24.5 Å². The number of hydrogen-bond donors (Lipinski definition) is 2. The predicted octanol–water partition coefficient (Wildman–Crippen LogP) is 0.367. The van der Waals surface area contributed by atoms with Crippen LogP contribution in [0, 0.1) is 0 Å². The lowest BCUT2D eigenvalue weighted by Gasteiger charge is -2.17. The minimum atomic E-state index is -1.02. The molecule has 0 aromatic carbocycles. The maximum absolute atomic E-state index is 11.7. The molecule has 0 atom stereocenters. The zero-order chi connectivity index (χ0) is 14.8. The van der Waals surface area contributed by atoms with Gasteiger partial charge in [0.25, 0.3) is 0 Å². The Kier molecular flexibility index (Phi) is 7.05. The predicted molar refractivity (Wildman–Crippen MR) is 72.4 cm³/mol. The second-order valence-corrected chi connectivity index (χ2v) is 4.21. The molecule has 1 aromatic heterocycles. The van der Waals surface area contributed by atoms with Crippen LogP contribution >= 0.6 is 0 Å². The van der Waals surface area contributed by atoms with Crippen LogP contribution < -0.4 is 5.32 Å². The summed E-state index contributed by atoms with van der Waals surface area (Å²) in [5, 5.41) is 11.0. The first-order valence-corrected chi connectivity index (χ1v) is 6.27. The number of aliphatic carboxylic acids is 1. The van der Waals surface area contributed by atoms with Gasteiger partial charge < -0.3 is 20.1 Å². The van der Waals surface area contributed by atoms with Crippen LogP contribution in [-0.4, -0.2) is 60.3 Å². The van der Waals surface area contributed by atoms with Crippen molar-refractivity contribution in [1.82, 2.24) is 15.2 Å². The van der Waals surface area contributed by atoms with Gasteiger partial charge in [0.2, 0.25) is 0 Å². The second-order valence-electron chi connectivity index (χ2n) is 4.21. The summed E-state index contributed by atoms with van der Waals surface area (Å²) in [7, 11) is 1.70. The van der Waals surface area contributed by atoms with E-state index in [1.54, 1.807) is 24.3 Å². The van der Waals surface area contributed by atoms with Crippen molar-refractivity contribution < 1.29 is 19.4 Å². The van der Waals surface area contributed by atoms with Gasteiger partial charge in [-0.25, -0.2) is 9.59 Å². The minimum absolute atomic E-state index is 0.177. The number of amides is 2. The molecule has 7 nitrogen and oxygen atoms in total. The number of aromatic nitrogens is 1. The van der Waals surface area contributed by atoms with Gasteiger partial charge in [-0.3, -0.25) is 4.98 Å². The highest BCUT2D eigenvalue weighted by Gasteiger charge is 2.07. The third-order valence-electron chi connectivity index (χ3n) is 2.58. The number of carbonyl (C=O) groups excluding carboxylic acids is 1. The highest BCUT2D eigenvalue weighted by Crippen LogP contribution is 1.98. The van der Waals surface area contributed by atoms with Gasteiger partial charge in [0, 0.05) is 32.5 Å². The first-order chi connectivity index (χ1) is 9.59. The van der Waals surface area contributed by atoms with E-state index in [4.69, 9.17) is 9.84 Å². The van der Waals surface area contributed by atoms with Crippen molar-refractivity contribution >= 4 is 12.0 Å². The third-order valence-corrected chi connectivity index (χ3v) is 2.58. The SMILES string of the molecule is CN(CCc1ccncc1)C(=O)NCCOCC(=O)O. The molecule has 1 heterocycles. The maximum Gasteiger partial charge on any atom is 0.329 e. The van der Waals surface area contributed by atoms with Gasteiger partial charge in [-0.2, -0.15) is 0 Å². The van der Waals surface area contributed by atoms with Crippen molar-refractivity contribution in [1.29, 1.82) is 0 Å². The summed E-state index contributed by atoms with van der Waals surface area (Å²) in [6.45, 7) is 0.696. The van der Waals surface area contributed by atoms with E-state index in [1.165, 1.54) is 0 Å². The van der Waals surface area contributed by atoms with E-state index < -0.39 is 5.97 Å². The van der Waals surface area contributed by atoms with Gasteiger partial charge >= 0.3 is 12.0 Å². The van der Waals surface area contributed by atoms with Crippen molar-refractivity contribution in [3.05, 3.63) is 30.1 Å². The van der Waals surface area contributed by atoms with Crippen LogP contribution in [0.1, 0.15) is 5.56 Å². The Morgan fingerprint density at radius 2 is 2.10 bits per heavy atom. The Morgan fingerprint density at radius 1 is 1.40 bits per heavy atom. The Labute approximate surface area is 117 Å². The molecule has 0 saturated heterocycles. The zero-order valence-corrected chi connectivity index (χ0v) is 11.4. The van der Waals surface area contributed by atoms with E-state index in [-0.39, 0.29) is 25.8 Å². The number of nitrogens with zero attached hydrogens (tertiary/aromatic N) is 2. The fraction of sp³-hybridized carbons (Fsp3) is 0.462. The van der Waals surface area contributed by atoms with E-state index in [1.807, 2.05) is 12.1 Å². The number of carboxylic acids is 1. The summed E-state index contributed by atoms with van der Waals surface area (Å²) < 4.78 is 4.81. The first kappa shape index (κ1) is 15.9. The van der Waals surface area contributed by atoms with Crippen LogP contribution in [0.4, 0.5) is 4.79 Å². The highest BCUT2D eigenvalue weighted by atomic mass is 16.5. The molecule has 0 unspecified atom stereocenters. The maximum atomic E-state index is 11.7. The molecule has 2 amide bonds. The summed E-state index contributed by atoms with van der Waals surface area (Å²) in [5.41, 5.74) is 1.12. The Hall–Kier alpha value is -2.15. The molecule has 110 valence electrons. The summed E-state index contributed by atoms with van der Waals surface area (Å²) >= 11 is 0. The molecule has 0 aliphatic carbocycles. The monoisotopic (exact) mass is 281 g/mol. The molecule has 0 spiro atoms. The molecular formula is C13H19N3O4. The molecule has 1 rings (SSSR count). The molecule has 1 aromatic rings. The summed E-state index contributed by atoms with van der Waals surface area (Å²) in [5.74, 6) is -1.02. The standard InChI is InChI=1S/C13H19N3O4/c1-16(8-4-11-2-5-14-6-3-11)13(19)15-7-9-20-10-12(17)18/h2-3,5-6H,4,7-10H2,1H3,(H,15,19)(H,17,18). The average molecular weight is 281 g/mol. The molecular weight excluding hydrogens is 262 g/mol. The quantitative estimate of drug-likeness (QED) is 0.672. The summed E-state index contributed by atoms with van der Waals surface area (Å²) in [6.07, 6.45) is 4.19. The first-order valence-electron chi connectivity index (χ1n) is 6.27. The molecule has 20 heavy (non-hydrogen) atoms. The van der Waals surface area contributed by atoms with E-state index in [2.05, 4.69) is 10.3 Å². The van der Waals surface area contributed by atoms with Crippen LogP contribution in [-0.2, 0) is 16.0 Å². The van der Waals surface area contributed by atoms with Crippen molar-refractivity contribution in [2.45, 2.75) is 6.42 Å². The number of urea groups is 1. The Bertz CT molecular complexity index is 425. The van der Waals surface area contributed by atoms with Crippen LogP contribution in [0.3, 0.4) is 0 Å². The molecule has 0 fully saturated rings.